The van der Waals surface area contributed by atoms with Crippen molar-refractivity contribution in [2.24, 2.45) is 0 Å². The number of carbonyl (C=O) groups is 1. The van der Waals surface area contributed by atoms with E-state index in [1.807, 2.05) is 25.1 Å². The summed E-state index contributed by atoms with van der Waals surface area (Å²) < 4.78 is 10.6. The van der Waals surface area contributed by atoms with Crippen LogP contribution in [0.1, 0.15) is 35.5 Å². The highest BCUT2D eigenvalue weighted by atomic mass is 35.5. The predicted molar refractivity (Wildman–Crippen MR) is 71.1 cm³/mol. The fourth-order valence-electron chi connectivity index (χ4n) is 2.00. The van der Waals surface area contributed by atoms with Crippen LogP contribution in [0.25, 0.3) is 11.0 Å². The lowest BCUT2D eigenvalue weighted by molar-refractivity contribution is 0.0491. The van der Waals surface area contributed by atoms with Crippen molar-refractivity contribution in [1.82, 2.24) is 0 Å². The first-order chi connectivity index (χ1) is 8.72. The van der Waals surface area contributed by atoms with Gasteiger partial charge in [-0.25, -0.2) is 4.79 Å². The molecule has 2 aromatic rings. The summed E-state index contributed by atoms with van der Waals surface area (Å²) in [4.78, 5) is 11.8. The summed E-state index contributed by atoms with van der Waals surface area (Å²) in [6, 6.07) is 5.85. The van der Waals surface area contributed by atoms with Gasteiger partial charge in [-0.2, -0.15) is 0 Å². The number of carbonyl (C=O) groups excluding carboxylic acids is 1. The molecular formula is C14H15ClO3. The minimum atomic E-state index is -0.452. The van der Waals surface area contributed by atoms with Crippen molar-refractivity contribution in [3.05, 3.63) is 35.1 Å². The van der Waals surface area contributed by atoms with Gasteiger partial charge in [-0.3, -0.25) is 0 Å². The SMILES string of the molecule is CCOC(=O)c1oc2c(CC)cccc2c1CCl. The van der Waals surface area contributed by atoms with Crippen LogP contribution >= 0.6 is 11.6 Å². The Morgan fingerprint density at radius 3 is 2.78 bits per heavy atom. The number of hydrogen-bond acceptors (Lipinski definition) is 3. The molecule has 0 aliphatic rings. The van der Waals surface area contributed by atoms with Gasteiger partial charge in [-0.15, -0.1) is 11.6 Å². The lowest BCUT2D eigenvalue weighted by Gasteiger charge is -1.99. The van der Waals surface area contributed by atoms with E-state index < -0.39 is 5.97 Å². The monoisotopic (exact) mass is 266 g/mol. The summed E-state index contributed by atoms with van der Waals surface area (Å²) in [5, 5.41) is 0.896. The molecule has 0 atom stereocenters. The van der Waals surface area contributed by atoms with Crippen LogP contribution in [0.5, 0.6) is 0 Å². The molecule has 1 aromatic carbocycles. The smallest absolute Gasteiger partial charge is 0.374 e. The third kappa shape index (κ3) is 2.10. The second-order valence-electron chi connectivity index (χ2n) is 3.91. The van der Waals surface area contributed by atoms with E-state index in [1.54, 1.807) is 6.92 Å². The number of fused-ring (bicyclic) bond motifs is 1. The van der Waals surface area contributed by atoms with Gasteiger partial charge in [0, 0.05) is 10.9 Å². The van der Waals surface area contributed by atoms with Gasteiger partial charge < -0.3 is 9.15 Å². The quantitative estimate of drug-likeness (QED) is 0.622. The number of para-hydroxylation sites is 1. The maximum atomic E-state index is 11.8. The first-order valence-electron chi connectivity index (χ1n) is 5.99. The summed E-state index contributed by atoms with van der Waals surface area (Å²) in [5.41, 5.74) is 2.51. The van der Waals surface area contributed by atoms with Crippen molar-refractivity contribution in [1.29, 1.82) is 0 Å². The zero-order valence-corrected chi connectivity index (χ0v) is 11.2. The number of alkyl halides is 1. The Morgan fingerprint density at radius 2 is 2.17 bits per heavy atom. The number of rotatable bonds is 4. The molecule has 0 N–H and O–H groups in total. The molecule has 0 saturated heterocycles. The van der Waals surface area contributed by atoms with Gasteiger partial charge in [-0.1, -0.05) is 25.1 Å². The van der Waals surface area contributed by atoms with E-state index in [9.17, 15) is 4.79 Å². The Kier molecular flexibility index (Phi) is 3.92. The number of esters is 1. The first kappa shape index (κ1) is 13.0. The fraction of sp³-hybridized carbons (Fsp3) is 0.357. The van der Waals surface area contributed by atoms with Gasteiger partial charge in [-0.05, 0) is 18.9 Å². The second-order valence-corrected chi connectivity index (χ2v) is 4.18. The molecule has 0 amide bonds. The number of ether oxygens (including phenoxy) is 1. The zero-order chi connectivity index (χ0) is 13.1. The van der Waals surface area contributed by atoms with Crippen LogP contribution in [0.3, 0.4) is 0 Å². The number of hydrogen-bond donors (Lipinski definition) is 0. The molecule has 1 heterocycles. The summed E-state index contributed by atoms with van der Waals surface area (Å²) in [6.45, 7) is 4.12. The van der Waals surface area contributed by atoms with Crippen LogP contribution in [0.15, 0.2) is 22.6 Å². The highest BCUT2D eigenvalue weighted by Crippen LogP contribution is 2.30. The summed E-state index contributed by atoms with van der Waals surface area (Å²) in [5.74, 6) is 0.00284. The topological polar surface area (TPSA) is 39.4 Å². The van der Waals surface area contributed by atoms with Crippen molar-refractivity contribution < 1.29 is 13.9 Å². The van der Waals surface area contributed by atoms with Crippen LogP contribution in [-0.4, -0.2) is 12.6 Å². The summed E-state index contributed by atoms with van der Waals surface area (Å²) >= 11 is 5.92. The number of furan rings is 1. The van der Waals surface area contributed by atoms with Gasteiger partial charge in [0.05, 0.1) is 12.5 Å². The molecule has 0 radical (unpaired) electrons. The Bertz CT molecular complexity index is 572. The van der Waals surface area contributed by atoms with E-state index in [0.717, 1.165) is 23.0 Å². The standard InChI is InChI=1S/C14H15ClO3/c1-3-9-6-5-7-10-11(8-15)13(18-12(9)10)14(16)17-4-2/h5-7H,3-4,8H2,1-2H3. The largest absolute Gasteiger partial charge is 0.460 e. The van der Waals surface area contributed by atoms with E-state index >= 15 is 0 Å². The van der Waals surface area contributed by atoms with Gasteiger partial charge >= 0.3 is 5.97 Å². The lowest BCUT2D eigenvalue weighted by atomic mass is 10.1. The summed E-state index contributed by atoms with van der Waals surface area (Å²) in [6.07, 6.45) is 0.842. The predicted octanol–water partition coefficient (Wildman–Crippen LogP) is 3.91. The Labute approximate surface area is 111 Å². The van der Waals surface area contributed by atoms with Gasteiger partial charge in [0.2, 0.25) is 5.76 Å². The van der Waals surface area contributed by atoms with Crippen LogP contribution in [0.4, 0.5) is 0 Å². The molecule has 0 bridgehead atoms. The normalized spacial score (nSPS) is 10.8. The minimum Gasteiger partial charge on any atom is -0.460 e. The second kappa shape index (κ2) is 5.44. The fourth-order valence-corrected chi connectivity index (χ4v) is 2.27. The molecule has 0 aliphatic heterocycles. The Hall–Kier alpha value is -1.48. The molecule has 0 aliphatic carbocycles. The zero-order valence-electron chi connectivity index (χ0n) is 10.5. The molecule has 1 aromatic heterocycles. The molecule has 96 valence electrons. The molecule has 0 fully saturated rings. The first-order valence-corrected chi connectivity index (χ1v) is 6.52. The third-order valence-corrected chi connectivity index (χ3v) is 3.14. The number of benzene rings is 1. The van der Waals surface area contributed by atoms with E-state index in [1.165, 1.54) is 0 Å². The van der Waals surface area contributed by atoms with Crippen LogP contribution in [-0.2, 0) is 17.0 Å². The number of halogens is 1. The van der Waals surface area contributed by atoms with E-state index in [4.69, 9.17) is 20.8 Å². The Balaban J connectivity index is 2.64. The van der Waals surface area contributed by atoms with Crippen molar-refractivity contribution in [3.63, 3.8) is 0 Å². The minimum absolute atomic E-state index is 0.225. The van der Waals surface area contributed by atoms with E-state index in [-0.39, 0.29) is 11.6 Å². The van der Waals surface area contributed by atoms with Crippen LogP contribution in [0, 0.1) is 0 Å². The molecular weight excluding hydrogens is 252 g/mol. The highest BCUT2D eigenvalue weighted by molar-refractivity contribution is 6.19. The van der Waals surface area contributed by atoms with Crippen molar-refractivity contribution in [2.75, 3.05) is 6.61 Å². The van der Waals surface area contributed by atoms with E-state index in [2.05, 4.69) is 0 Å². The van der Waals surface area contributed by atoms with Crippen LogP contribution < -0.4 is 0 Å². The van der Waals surface area contributed by atoms with Gasteiger partial charge in [0.1, 0.15) is 5.58 Å². The molecule has 4 heteroatoms. The molecule has 0 unspecified atom stereocenters. The average molecular weight is 267 g/mol. The number of aryl methyl sites for hydroxylation is 1. The lowest BCUT2D eigenvalue weighted by Crippen LogP contribution is -2.05. The maximum Gasteiger partial charge on any atom is 0.374 e. The van der Waals surface area contributed by atoms with Crippen molar-refractivity contribution in [3.8, 4) is 0 Å². The molecule has 0 saturated carbocycles. The molecule has 2 rings (SSSR count). The third-order valence-electron chi connectivity index (χ3n) is 2.88. The van der Waals surface area contributed by atoms with Gasteiger partial charge in [0.25, 0.3) is 0 Å². The average Bonchev–Trinajstić information content (AvgIpc) is 2.77. The highest BCUT2D eigenvalue weighted by Gasteiger charge is 2.21. The van der Waals surface area contributed by atoms with E-state index in [0.29, 0.717) is 12.2 Å². The maximum absolute atomic E-state index is 11.8. The molecule has 18 heavy (non-hydrogen) atoms. The van der Waals surface area contributed by atoms with Crippen molar-refractivity contribution >= 4 is 28.5 Å². The van der Waals surface area contributed by atoms with Crippen molar-refractivity contribution in [2.45, 2.75) is 26.1 Å². The summed E-state index contributed by atoms with van der Waals surface area (Å²) in [7, 11) is 0. The molecule has 0 spiro atoms. The van der Waals surface area contributed by atoms with Crippen LogP contribution in [0.2, 0.25) is 0 Å². The molecule has 3 nitrogen and oxygen atoms in total. The van der Waals surface area contributed by atoms with Gasteiger partial charge in [0.15, 0.2) is 0 Å². The Morgan fingerprint density at radius 1 is 1.39 bits per heavy atom.